The van der Waals surface area contributed by atoms with Crippen molar-refractivity contribution < 1.29 is 27.4 Å². The zero-order valence-electron chi connectivity index (χ0n) is 17.1. The number of primary amides is 1. The van der Waals surface area contributed by atoms with E-state index in [0.717, 1.165) is 43.7 Å². The molecule has 0 atom stereocenters. The Bertz CT molecular complexity index is 890. The largest absolute Gasteiger partial charge is 0.488 e. The van der Waals surface area contributed by atoms with Crippen molar-refractivity contribution in [2.24, 2.45) is 5.73 Å². The minimum absolute atomic E-state index is 0.0674. The number of rotatable bonds is 11. The number of hydrogen-bond acceptors (Lipinski definition) is 5. The number of benzene rings is 2. The lowest BCUT2D eigenvalue weighted by molar-refractivity contribution is -0.153. The molecule has 0 bridgehead atoms. The summed E-state index contributed by atoms with van der Waals surface area (Å²) in [5.41, 5.74) is 8.14. The van der Waals surface area contributed by atoms with Gasteiger partial charge in [-0.1, -0.05) is 24.3 Å². The maximum Gasteiger partial charge on any atom is 0.422 e. The van der Waals surface area contributed by atoms with E-state index in [4.69, 9.17) is 15.2 Å². The molecular weight excluding hydrogens is 411 g/mol. The van der Waals surface area contributed by atoms with Gasteiger partial charge in [-0.3, -0.25) is 4.79 Å². The van der Waals surface area contributed by atoms with Gasteiger partial charge in [0.1, 0.15) is 6.61 Å². The highest BCUT2D eigenvalue weighted by Crippen LogP contribution is 2.31. The summed E-state index contributed by atoms with van der Waals surface area (Å²) < 4.78 is 47.4. The second-order valence-electron chi connectivity index (χ2n) is 7.22. The van der Waals surface area contributed by atoms with Crippen LogP contribution in [0.3, 0.4) is 0 Å². The standard InChI is InChI=1S/C22H26F3N3O3/c23-22(24,25)15-31-19-8-2-1-7-18(19)30-14-11-27-10-4-12-28-13-9-16-5-3-6-17(20(16)28)21(26)29/h1-3,5-8,27H,4,9-15H2,(H2,26,29). The molecular formula is C22H26F3N3O3. The van der Waals surface area contributed by atoms with Crippen LogP contribution in [-0.4, -0.2) is 51.5 Å². The first-order valence-electron chi connectivity index (χ1n) is 10.1. The van der Waals surface area contributed by atoms with E-state index in [2.05, 4.69) is 10.2 Å². The summed E-state index contributed by atoms with van der Waals surface area (Å²) in [6, 6.07) is 11.9. The fourth-order valence-corrected chi connectivity index (χ4v) is 3.56. The Kier molecular flexibility index (Phi) is 7.62. The van der Waals surface area contributed by atoms with E-state index in [1.54, 1.807) is 24.3 Å². The minimum atomic E-state index is -4.40. The van der Waals surface area contributed by atoms with E-state index in [1.807, 2.05) is 12.1 Å². The van der Waals surface area contributed by atoms with E-state index >= 15 is 0 Å². The number of anilines is 1. The zero-order valence-corrected chi connectivity index (χ0v) is 17.1. The average Bonchev–Trinajstić information content (AvgIpc) is 3.14. The van der Waals surface area contributed by atoms with Gasteiger partial charge in [0.05, 0.1) is 11.3 Å². The lowest BCUT2D eigenvalue weighted by Gasteiger charge is -2.21. The lowest BCUT2D eigenvalue weighted by atomic mass is 10.1. The fourth-order valence-electron chi connectivity index (χ4n) is 3.56. The van der Waals surface area contributed by atoms with E-state index < -0.39 is 18.7 Å². The van der Waals surface area contributed by atoms with Crippen molar-refractivity contribution in [1.82, 2.24) is 5.32 Å². The molecule has 6 nitrogen and oxygen atoms in total. The Labute approximate surface area is 179 Å². The summed E-state index contributed by atoms with van der Waals surface area (Å²) in [5, 5.41) is 3.25. The number of nitrogens with one attached hydrogen (secondary N) is 1. The number of carbonyl (C=O) groups excluding carboxylic acids is 1. The number of carbonyl (C=O) groups is 1. The molecule has 0 unspecified atom stereocenters. The Hall–Kier alpha value is -2.94. The predicted octanol–water partition coefficient (Wildman–Crippen LogP) is 3.15. The SMILES string of the molecule is NC(=O)c1cccc2c1N(CCCNCCOc1ccccc1OCC(F)(F)F)CC2. The Balaban J connectivity index is 1.37. The Morgan fingerprint density at radius 1 is 1.06 bits per heavy atom. The third-order valence-electron chi connectivity index (χ3n) is 4.91. The first kappa shape index (κ1) is 22.7. The fraction of sp³-hybridized carbons (Fsp3) is 0.409. The van der Waals surface area contributed by atoms with E-state index in [0.29, 0.717) is 18.7 Å². The van der Waals surface area contributed by atoms with E-state index in [9.17, 15) is 18.0 Å². The number of amides is 1. The van der Waals surface area contributed by atoms with Crippen molar-refractivity contribution >= 4 is 11.6 Å². The minimum Gasteiger partial charge on any atom is -0.488 e. The molecule has 2 aromatic carbocycles. The van der Waals surface area contributed by atoms with Crippen LogP contribution in [0, 0.1) is 0 Å². The number of hydrogen-bond donors (Lipinski definition) is 2. The molecule has 2 aromatic rings. The second-order valence-corrected chi connectivity index (χ2v) is 7.22. The maximum absolute atomic E-state index is 12.4. The number of para-hydroxylation sites is 3. The van der Waals surface area contributed by atoms with E-state index in [-0.39, 0.29) is 11.5 Å². The van der Waals surface area contributed by atoms with E-state index in [1.165, 1.54) is 6.07 Å². The molecule has 0 spiro atoms. The molecule has 0 aliphatic carbocycles. The van der Waals surface area contributed by atoms with Crippen LogP contribution in [0.1, 0.15) is 22.3 Å². The normalized spacial score (nSPS) is 13.2. The second kappa shape index (κ2) is 10.4. The Morgan fingerprint density at radius 2 is 1.81 bits per heavy atom. The van der Waals surface area contributed by atoms with Gasteiger partial charge in [-0.05, 0) is 43.1 Å². The van der Waals surface area contributed by atoms with Crippen LogP contribution in [0.15, 0.2) is 42.5 Å². The van der Waals surface area contributed by atoms with Crippen LogP contribution in [0.25, 0.3) is 0 Å². The van der Waals surface area contributed by atoms with Crippen LogP contribution < -0.4 is 25.4 Å². The van der Waals surface area contributed by atoms with Crippen LogP contribution in [0.4, 0.5) is 18.9 Å². The van der Waals surface area contributed by atoms with Gasteiger partial charge in [0.25, 0.3) is 5.91 Å². The molecule has 3 N–H and O–H groups in total. The average molecular weight is 437 g/mol. The molecule has 0 fully saturated rings. The molecule has 1 amide bonds. The van der Waals surface area contributed by atoms with Crippen LogP contribution >= 0.6 is 0 Å². The molecule has 0 aromatic heterocycles. The summed E-state index contributed by atoms with van der Waals surface area (Å²) in [7, 11) is 0. The highest BCUT2D eigenvalue weighted by molar-refractivity contribution is 5.99. The quantitative estimate of drug-likeness (QED) is 0.528. The molecule has 1 aliphatic heterocycles. The summed E-state index contributed by atoms with van der Waals surface area (Å²) in [6.07, 6.45) is -2.64. The third kappa shape index (κ3) is 6.52. The van der Waals surface area contributed by atoms with Crippen molar-refractivity contribution in [3.05, 3.63) is 53.6 Å². The van der Waals surface area contributed by atoms with Crippen molar-refractivity contribution in [3.63, 3.8) is 0 Å². The van der Waals surface area contributed by atoms with Crippen LogP contribution in [0.5, 0.6) is 11.5 Å². The van der Waals surface area contributed by atoms with Crippen LogP contribution in [-0.2, 0) is 6.42 Å². The summed E-state index contributed by atoms with van der Waals surface area (Å²) in [4.78, 5) is 13.9. The highest BCUT2D eigenvalue weighted by Gasteiger charge is 2.29. The van der Waals surface area contributed by atoms with Crippen molar-refractivity contribution in [2.75, 3.05) is 44.3 Å². The summed E-state index contributed by atoms with van der Waals surface area (Å²) in [6.45, 7) is 1.86. The van der Waals surface area contributed by atoms with Crippen molar-refractivity contribution in [1.29, 1.82) is 0 Å². The molecule has 168 valence electrons. The van der Waals surface area contributed by atoms with Gasteiger partial charge in [-0.15, -0.1) is 0 Å². The van der Waals surface area contributed by atoms with Gasteiger partial charge < -0.3 is 25.4 Å². The number of halogens is 3. The highest BCUT2D eigenvalue weighted by atomic mass is 19.4. The van der Waals surface area contributed by atoms with Gasteiger partial charge in [-0.2, -0.15) is 13.2 Å². The number of nitrogens with two attached hydrogens (primary N) is 1. The van der Waals surface area contributed by atoms with Gasteiger partial charge in [0.15, 0.2) is 18.1 Å². The number of fused-ring (bicyclic) bond motifs is 1. The molecule has 1 aliphatic rings. The van der Waals surface area contributed by atoms with Crippen molar-refractivity contribution in [2.45, 2.75) is 19.0 Å². The molecule has 0 saturated heterocycles. The molecule has 9 heteroatoms. The first-order chi connectivity index (χ1) is 14.8. The van der Waals surface area contributed by atoms with Gasteiger partial charge in [-0.25, -0.2) is 0 Å². The van der Waals surface area contributed by atoms with Gasteiger partial charge in [0.2, 0.25) is 0 Å². The molecule has 0 radical (unpaired) electrons. The molecule has 31 heavy (non-hydrogen) atoms. The molecule has 1 heterocycles. The number of ether oxygens (including phenoxy) is 2. The topological polar surface area (TPSA) is 76.8 Å². The summed E-state index contributed by atoms with van der Waals surface area (Å²) in [5.74, 6) is -0.0718. The number of nitrogens with zero attached hydrogens (tertiary/aromatic N) is 1. The van der Waals surface area contributed by atoms with Crippen molar-refractivity contribution in [3.8, 4) is 11.5 Å². The van der Waals surface area contributed by atoms with Gasteiger partial charge in [0, 0.05) is 19.6 Å². The number of alkyl halides is 3. The predicted molar refractivity (Wildman–Crippen MR) is 112 cm³/mol. The summed E-state index contributed by atoms with van der Waals surface area (Å²) >= 11 is 0. The zero-order chi connectivity index (χ0) is 22.3. The third-order valence-corrected chi connectivity index (χ3v) is 4.91. The lowest BCUT2D eigenvalue weighted by Crippen LogP contribution is -2.29. The Morgan fingerprint density at radius 3 is 2.52 bits per heavy atom. The smallest absolute Gasteiger partial charge is 0.422 e. The van der Waals surface area contributed by atoms with Crippen LogP contribution in [0.2, 0.25) is 0 Å². The monoisotopic (exact) mass is 437 g/mol. The first-order valence-corrected chi connectivity index (χ1v) is 10.1. The van der Waals surface area contributed by atoms with Gasteiger partial charge >= 0.3 is 6.18 Å². The molecule has 3 rings (SSSR count). The molecule has 0 saturated carbocycles. The maximum atomic E-state index is 12.4.